The third-order valence-electron chi connectivity index (χ3n) is 2.93. The van der Waals surface area contributed by atoms with Crippen molar-refractivity contribution in [2.24, 2.45) is 5.73 Å². The van der Waals surface area contributed by atoms with Gasteiger partial charge in [0.15, 0.2) is 0 Å². The summed E-state index contributed by atoms with van der Waals surface area (Å²) in [7, 11) is 0. The molecule has 2 aromatic carbocycles. The van der Waals surface area contributed by atoms with Crippen molar-refractivity contribution in [2.45, 2.75) is 13.8 Å². The molecule has 0 saturated carbocycles. The van der Waals surface area contributed by atoms with E-state index in [0.717, 1.165) is 15.6 Å². The summed E-state index contributed by atoms with van der Waals surface area (Å²) in [6.45, 7) is 3.98. The van der Waals surface area contributed by atoms with Crippen LogP contribution in [0, 0.1) is 13.8 Å². The molecule has 0 aliphatic heterocycles. The van der Waals surface area contributed by atoms with Gasteiger partial charge in [0.05, 0.1) is 5.69 Å². The number of nitrogens with two attached hydrogens (primary N) is 2. The number of hydrogen-bond donors (Lipinski definition) is 2. The van der Waals surface area contributed by atoms with Gasteiger partial charge in [-0.3, -0.25) is 4.79 Å². The molecule has 0 radical (unpaired) electrons. The molecule has 0 aliphatic rings. The number of nitrogen functional groups attached to an aromatic ring is 1. The maximum absolute atomic E-state index is 11.1. The average molecular weight is 335 g/mol. The fourth-order valence-electron chi connectivity index (χ4n) is 1.89. The predicted molar refractivity (Wildman–Crippen MR) is 83.1 cm³/mol. The van der Waals surface area contributed by atoms with Gasteiger partial charge in [-0.1, -0.05) is 15.9 Å². The number of amides is 1. The Kier molecular flexibility index (Phi) is 3.99. The third-order valence-corrected chi connectivity index (χ3v) is 4.18. The van der Waals surface area contributed by atoms with Crippen LogP contribution >= 0.6 is 15.9 Å². The molecule has 4 N–H and O–H groups in total. The Balaban J connectivity index is 2.33. The zero-order valence-corrected chi connectivity index (χ0v) is 12.8. The van der Waals surface area contributed by atoms with Crippen molar-refractivity contribution in [1.29, 1.82) is 0 Å². The van der Waals surface area contributed by atoms with E-state index in [1.165, 1.54) is 6.07 Å². The van der Waals surface area contributed by atoms with E-state index >= 15 is 0 Å². The summed E-state index contributed by atoms with van der Waals surface area (Å²) in [6, 6.07) is 8.57. The number of carbonyl (C=O) groups is 1. The fourth-order valence-corrected chi connectivity index (χ4v) is 2.12. The lowest BCUT2D eigenvalue weighted by atomic mass is 10.1. The fraction of sp³-hybridized carbons (Fsp3) is 0.133. The number of ether oxygens (including phenoxy) is 1. The van der Waals surface area contributed by atoms with E-state index in [0.29, 0.717) is 22.7 Å². The third kappa shape index (κ3) is 2.93. The van der Waals surface area contributed by atoms with Gasteiger partial charge in [0, 0.05) is 10.0 Å². The zero-order chi connectivity index (χ0) is 14.9. The van der Waals surface area contributed by atoms with Crippen molar-refractivity contribution in [3.8, 4) is 11.5 Å². The molecule has 0 atom stereocenters. The van der Waals surface area contributed by atoms with E-state index in [-0.39, 0.29) is 0 Å². The molecule has 2 rings (SSSR count). The van der Waals surface area contributed by atoms with Gasteiger partial charge in [0.25, 0.3) is 0 Å². The number of benzene rings is 2. The number of aryl methyl sites for hydroxylation is 2. The quantitative estimate of drug-likeness (QED) is 0.842. The predicted octanol–water partition coefficient (Wildman–Crippen LogP) is 3.54. The Hall–Kier alpha value is -2.01. The number of primary amides is 1. The van der Waals surface area contributed by atoms with Crippen molar-refractivity contribution in [3.63, 3.8) is 0 Å². The molecule has 0 unspecified atom stereocenters. The van der Waals surface area contributed by atoms with Crippen molar-refractivity contribution in [1.82, 2.24) is 0 Å². The van der Waals surface area contributed by atoms with Crippen LogP contribution in [0.1, 0.15) is 21.5 Å². The van der Waals surface area contributed by atoms with E-state index in [1.807, 2.05) is 26.0 Å². The molecule has 2 aromatic rings. The Bertz CT molecular complexity index is 661. The lowest BCUT2D eigenvalue weighted by Crippen LogP contribution is -2.11. The molecule has 5 heteroatoms. The van der Waals surface area contributed by atoms with Crippen LogP contribution in [0.15, 0.2) is 34.8 Å². The first-order valence-corrected chi connectivity index (χ1v) is 6.81. The normalized spacial score (nSPS) is 10.3. The molecule has 1 amide bonds. The minimum atomic E-state index is -0.515. The highest BCUT2D eigenvalue weighted by atomic mass is 79.9. The average Bonchev–Trinajstić information content (AvgIpc) is 2.38. The second-order valence-electron chi connectivity index (χ2n) is 4.59. The number of halogens is 1. The van der Waals surface area contributed by atoms with E-state index in [9.17, 15) is 4.79 Å². The highest BCUT2D eigenvalue weighted by Gasteiger charge is 2.08. The summed E-state index contributed by atoms with van der Waals surface area (Å²) in [4.78, 5) is 11.1. The van der Waals surface area contributed by atoms with E-state index in [2.05, 4.69) is 15.9 Å². The summed E-state index contributed by atoms with van der Waals surface area (Å²) in [5, 5.41) is 0. The van der Waals surface area contributed by atoms with Crippen molar-refractivity contribution in [3.05, 3.63) is 51.5 Å². The maximum atomic E-state index is 11.1. The van der Waals surface area contributed by atoms with Crippen LogP contribution in [-0.2, 0) is 0 Å². The molecule has 0 aliphatic carbocycles. The molecule has 4 nitrogen and oxygen atoms in total. The van der Waals surface area contributed by atoms with Gasteiger partial charge in [-0.2, -0.15) is 0 Å². The summed E-state index contributed by atoms with van der Waals surface area (Å²) in [5.74, 6) is 0.677. The van der Waals surface area contributed by atoms with Gasteiger partial charge in [0.1, 0.15) is 11.5 Å². The van der Waals surface area contributed by atoms with Crippen LogP contribution in [-0.4, -0.2) is 5.91 Å². The van der Waals surface area contributed by atoms with Crippen molar-refractivity contribution < 1.29 is 9.53 Å². The van der Waals surface area contributed by atoms with Gasteiger partial charge in [0.2, 0.25) is 5.91 Å². The largest absolute Gasteiger partial charge is 0.455 e. The molecule has 0 heterocycles. The van der Waals surface area contributed by atoms with Crippen LogP contribution in [0.3, 0.4) is 0 Å². The minimum absolute atomic E-state index is 0.359. The van der Waals surface area contributed by atoms with Crippen LogP contribution in [0.2, 0.25) is 0 Å². The van der Waals surface area contributed by atoms with E-state index < -0.39 is 5.91 Å². The first-order valence-electron chi connectivity index (χ1n) is 6.02. The van der Waals surface area contributed by atoms with Gasteiger partial charge in [-0.15, -0.1) is 0 Å². The van der Waals surface area contributed by atoms with Gasteiger partial charge in [-0.25, -0.2) is 0 Å². The highest BCUT2D eigenvalue weighted by Crippen LogP contribution is 2.32. The highest BCUT2D eigenvalue weighted by molar-refractivity contribution is 9.10. The number of carbonyl (C=O) groups excluding carboxylic acids is 1. The SMILES string of the molecule is Cc1cc(Oc2ccc(C(N)=O)cc2N)cc(C)c1Br. The monoisotopic (exact) mass is 334 g/mol. The summed E-state index contributed by atoms with van der Waals surface area (Å²) in [5.41, 5.74) is 14.0. The lowest BCUT2D eigenvalue weighted by Gasteiger charge is -2.12. The smallest absolute Gasteiger partial charge is 0.248 e. The van der Waals surface area contributed by atoms with Crippen molar-refractivity contribution in [2.75, 3.05) is 5.73 Å². The van der Waals surface area contributed by atoms with Gasteiger partial charge < -0.3 is 16.2 Å². The van der Waals surface area contributed by atoms with Crippen LogP contribution in [0.25, 0.3) is 0 Å². The number of rotatable bonds is 3. The molecule has 104 valence electrons. The second-order valence-corrected chi connectivity index (χ2v) is 5.38. The number of anilines is 1. The first-order chi connectivity index (χ1) is 9.38. The van der Waals surface area contributed by atoms with E-state index in [4.69, 9.17) is 16.2 Å². The Morgan fingerprint density at radius 3 is 2.25 bits per heavy atom. The molecule has 0 saturated heterocycles. The van der Waals surface area contributed by atoms with Gasteiger partial charge >= 0.3 is 0 Å². The van der Waals surface area contributed by atoms with Crippen LogP contribution in [0.5, 0.6) is 11.5 Å². The van der Waals surface area contributed by atoms with Crippen LogP contribution < -0.4 is 16.2 Å². The molecule has 0 bridgehead atoms. The Morgan fingerprint density at radius 1 is 1.15 bits per heavy atom. The molecular formula is C15H15BrN2O2. The summed E-state index contributed by atoms with van der Waals surface area (Å²) in [6.07, 6.45) is 0. The first kappa shape index (κ1) is 14.4. The molecule has 20 heavy (non-hydrogen) atoms. The summed E-state index contributed by atoms with van der Waals surface area (Å²) < 4.78 is 6.82. The van der Waals surface area contributed by atoms with E-state index in [1.54, 1.807) is 12.1 Å². The molecule has 0 fully saturated rings. The maximum Gasteiger partial charge on any atom is 0.248 e. The number of hydrogen-bond acceptors (Lipinski definition) is 3. The molecular weight excluding hydrogens is 320 g/mol. The lowest BCUT2D eigenvalue weighted by molar-refractivity contribution is 0.100. The van der Waals surface area contributed by atoms with Crippen molar-refractivity contribution >= 4 is 27.5 Å². The Morgan fingerprint density at radius 2 is 1.75 bits per heavy atom. The molecule has 0 aromatic heterocycles. The summed E-state index contributed by atoms with van der Waals surface area (Å²) >= 11 is 3.51. The topological polar surface area (TPSA) is 78.3 Å². The second kappa shape index (κ2) is 5.54. The Labute approximate surface area is 125 Å². The minimum Gasteiger partial charge on any atom is -0.455 e. The molecule has 0 spiro atoms. The standard InChI is InChI=1S/C15H15BrN2O2/c1-8-5-11(6-9(2)14(8)16)20-13-4-3-10(15(18)19)7-12(13)17/h3-7H,17H2,1-2H3,(H2,18,19). The van der Waals surface area contributed by atoms with Gasteiger partial charge in [-0.05, 0) is 55.3 Å². The van der Waals surface area contributed by atoms with Crippen LogP contribution in [0.4, 0.5) is 5.69 Å². The zero-order valence-electron chi connectivity index (χ0n) is 11.2.